The molecule has 0 N–H and O–H groups in total. The van der Waals surface area contributed by atoms with E-state index in [1.807, 2.05) is 45.2 Å². The third kappa shape index (κ3) is 6.67. The average molecular weight is 229 g/mol. The normalized spacial score (nSPS) is 9.60. The molecule has 1 heterocycles. The van der Waals surface area contributed by atoms with Crippen LogP contribution >= 0.6 is 11.3 Å². The van der Waals surface area contributed by atoms with Crippen molar-refractivity contribution in [3.63, 3.8) is 0 Å². The Morgan fingerprint density at radius 1 is 1.13 bits per heavy atom. The lowest BCUT2D eigenvalue weighted by Crippen LogP contribution is -2.07. The Morgan fingerprint density at radius 2 is 1.60 bits per heavy atom. The van der Waals surface area contributed by atoms with E-state index in [9.17, 15) is 0 Å². The second-order valence-electron chi connectivity index (χ2n) is 3.72. The molecule has 0 aliphatic rings. The van der Waals surface area contributed by atoms with Gasteiger partial charge in [0, 0.05) is 11.1 Å². The van der Waals surface area contributed by atoms with Gasteiger partial charge in [0.2, 0.25) is 0 Å². The summed E-state index contributed by atoms with van der Waals surface area (Å²) in [6.45, 7) is 16.8. The van der Waals surface area contributed by atoms with Crippen molar-refractivity contribution in [1.29, 1.82) is 0 Å². The summed E-state index contributed by atoms with van der Waals surface area (Å²) in [5.74, 6) is 0. The summed E-state index contributed by atoms with van der Waals surface area (Å²) in [4.78, 5) is 5.70. The van der Waals surface area contributed by atoms with Gasteiger partial charge in [-0.05, 0) is 11.8 Å². The molecule has 0 spiro atoms. The molecule has 0 atom stereocenters. The number of rotatable bonds is 1. The number of hydrogen-bond acceptors (Lipinski definition) is 2. The predicted molar refractivity (Wildman–Crippen MR) is 72.9 cm³/mol. The van der Waals surface area contributed by atoms with Crippen molar-refractivity contribution in [2.24, 2.45) is 0 Å². The van der Waals surface area contributed by atoms with Crippen LogP contribution in [0.3, 0.4) is 0 Å². The predicted octanol–water partition coefficient (Wildman–Crippen LogP) is 5.06. The zero-order chi connectivity index (χ0) is 12.5. The molecule has 0 saturated carbocycles. The van der Waals surface area contributed by atoms with Crippen molar-refractivity contribution in [2.75, 3.05) is 0 Å². The second-order valence-corrected chi connectivity index (χ2v) is 4.84. The molecule has 90 valence electrons. The molecule has 0 radical (unpaired) electrons. The van der Waals surface area contributed by atoms with Crippen LogP contribution < -0.4 is 0 Å². The van der Waals surface area contributed by atoms with Gasteiger partial charge in [0.25, 0.3) is 0 Å². The summed E-state index contributed by atoms with van der Waals surface area (Å²) in [7, 11) is 0. The number of aromatic nitrogens is 1. The van der Waals surface area contributed by atoms with E-state index in [1.54, 1.807) is 0 Å². The lowest BCUT2D eigenvalue weighted by molar-refractivity contribution is 0.602. The van der Waals surface area contributed by atoms with E-state index >= 15 is 0 Å². The molecular formula is C13H27NS. The van der Waals surface area contributed by atoms with Crippen LogP contribution in [-0.2, 0) is 11.8 Å². The third-order valence-electron chi connectivity index (χ3n) is 1.60. The van der Waals surface area contributed by atoms with Crippen molar-refractivity contribution in [3.05, 3.63) is 16.1 Å². The molecule has 0 amide bonds. The minimum Gasteiger partial charge on any atom is -0.249 e. The molecule has 1 nitrogen and oxygen atoms in total. The van der Waals surface area contributed by atoms with Gasteiger partial charge in [0.15, 0.2) is 0 Å². The Balaban J connectivity index is 0. The Hall–Kier alpha value is -0.370. The summed E-state index contributed by atoms with van der Waals surface area (Å²) in [6, 6.07) is 0. The highest BCUT2D eigenvalue weighted by Gasteiger charge is 2.16. The Bertz CT molecular complexity index is 233. The summed E-state index contributed by atoms with van der Waals surface area (Å²) < 4.78 is 0. The van der Waals surface area contributed by atoms with E-state index in [4.69, 9.17) is 0 Å². The number of nitrogens with zero attached hydrogens (tertiary/aromatic N) is 1. The van der Waals surface area contributed by atoms with Crippen LogP contribution in [0.15, 0.2) is 6.20 Å². The fraction of sp³-hybridized carbons (Fsp3) is 0.769. The second kappa shape index (κ2) is 8.90. The highest BCUT2D eigenvalue weighted by Crippen LogP contribution is 2.27. The molecule has 0 bridgehead atoms. The van der Waals surface area contributed by atoms with Crippen molar-refractivity contribution in [3.8, 4) is 0 Å². The van der Waals surface area contributed by atoms with Gasteiger partial charge in [-0.2, -0.15) is 0 Å². The SMILES string of the molecule is CC.CC.CCc1ncc(C(C)(C)C)s1. The molecule has 0 fully saturated rings. The number of hydrogen-bond donors (Lipinski definition) is 0. The fourth-order valence-corrected chi connectivity index (χ4v) is 1.74. The molecule has 1 aromatic heterocycles. The van der Waals surface area contributed by atoms with Crippen LogP contribution in [0.25, 0.3) is 0 Å². The smallest absolute Gasteiger partial charge is 0.0925 e. The van der Waals surface area contributed by atoms with E-state index < -0.39 is 0 Å². The maximum atomic E-state index is 4.32. The summed E-state index contributed by atoms with van der Waals surface area (Å²) in [5.41, 5.74) is 0.269. The molecule has 1 rings (SSSR count). The van der Waals surface area contributed by atoms with Gasteiger partial charge in [0.1, 0.15) is 0 Å². The van der Waals surface area contributed by atoms with E-state index in [-0.39, 0.29) is 5.41 Å². The van der Waals surface area contributed by atoms with Gasteiger partial charge in [-0.1, -0.05) is 55.4 Å². The molecule has 0 aliphatic heterocycles. The molecule has 0 unspecified atom stereocenters. The Kier molecular flexibility index (Phi) is 10.1. The molecule has 0 aromatic carbocycles. The molecule has 1 aromatic rings. The maximum absolute atomic E-state index is 4.32. The van der Waals surface area contributed by atoms with Crippen molar-refractivity contribution in [2.45, 2.75) is 67.2 Å². The van der Waals surface area contributed by atoms with Crippen LogP contribution in [0.5, 0.6) is 0 Å². The van der Waals surface area contributed by atoms with Gasteiger partial charge in [0.05, 0.1) is 5.01 Å². The molecule has 0 saturated heterocycles. The highest BCUT2D eigenvalue weighted by molar-refractivity contribution is 7.11. The van der Waals surface area contributed by atoms with Crippen molar-refractivity contribution >= 4 is 11.3 Å². The summed E-state index contributed by atoms with van der Waals surface area (Å²) in [5, 5.41) is 1.25. The standard InChI is InChI=1S/C9H15NS.2C2H6/c1-5-8-10-6-7(11-8)9(2,3)4;2*1-2/h6H,5H2,1-4H3;2*1-2H3. The lowest BCUT2D eigenvalue weighted by atomic mass is 9.96. The van der Waals surface area contributed by atoms with Crippen LogP contribution in [0.1, 0.15) is 65.3 Å². The van der Waals surface area contributed by atoms with Crippen LogP contribution in [-0.4, -0.2) is 4.98 Å². The highest BCUT2D eigenvalue weighted by atomic mass is 32.1. The fourth-order valence-electron chi connectivity index (χ4n) is 0.820. The Morgan fingerprint density at radius 3 is 1.80 bits per heavy atom. The minimum atomic E-state index is 0.269. The first-order chi connectivity index (χ1) is 7.04. The van der Waals surface area contributed by atoms with Gasteiger partial charge in [-0.15, -0.1) is 11.3 Å². The average Bonchev–Trinajstić information content (AvgIpc) is 2.71. The van der Waals surface area contributed by atoms with Gasteiger partial charge in [-0.3, -0.25) is 0 Å². The van der Waals surface area contributed by atoms with Crippen LogP contribution in [0, 0.1) is 0 Å². The first-order valence-corrected chi connectivity index (χ1v) is 6.81. The van der Waals surface area contributed by atoms with E-state index in [0.29, 0.717) is 0 Å². The summed E-state index contributed by atoms with van der Waals surface area (Å²) >= 11 is 1.83. The van der Waals surface area contributed by atoms with E-state index in [1.165, 1.54) is 9.88 Å². The first kappa shape index (κ1) is 17.0. The van der Waals surface area contributed by atoms with Crippen molar-refractivity contribution in [1.82, 2.24) is 4.98 Å². The number of aryl methyl sites for hydroxylation is 1. The largest absolute Gasteiger partial charge is 0.249 e. The molecule has 15 heavy (non-hydrogen) atoms. The summed E-state index contributed by atoms with van der Waals surface area (Å²) in [6.07, 6.45) is 3.06. The van der Waals surface area contributed by atoms with E-state index in [0.717, 1.165) is 6.42 Å². The first-order valence-electron chi connectivity index (χ1n) is 5.99. The van der Waals surface area contributed by atoms with Crippen LogP contribution in [0.4, 0.5) is 0 Å². The minimum absolute atomic E-state index is 0.269. The molecular weight excluding hydrogens is 202 g/mol. The zero-order valence-electron chi connectivity index (χ0n) is 11.6. The zero-order valence-corrected chi connectivity index (χ0v) is 12.5. The van der Waals surface area contributed by atoms with Gasteiger partial charge >= 0.3 is 0 Å². The third-order valence-corrected chi connectivity index (χ3v) is 3.16. The quantitative estimate of drug-likeness (QED) is 0.656. The maximum Gasteiger partial charge on any atom is 0.0925 e. The molecule has 2 heteroatoms. The monoisotopic (exact) mass is 229 g/mol. The Labute approximate surface area is 100.0 Å². The topological polar surface area (TPSA) is 12.9 Å². The van der Waals surface area contributed by atoms with Gasteiger partial charge in [-0.25, -0.2) is 4.98 Å². The van der Waals surface area contributed by atoms with E-state index in [2.05, 4.69) is 32.7 Å². The van der Waals surface area contributed by atoms with Crippen molar-refractivity contribution < 1.29 is 0 Å². The lowest BCUT2D eigenvalue weighted by Gasteiger charge is -2.14. The molecule has 0 aliphatic carbocycles. The number of thiazole rings is 1. The van der Waals surface area contributed by atoms with Gasteiger partial charge < -0.3 is 0 Å². The van der Waals surface area contributed by atoms with Crippen LogP contribution in [0.2, 0.25) is 0 Å².